The Morgan fingerprint density at radius 3 is 2.79 bits per heavy atom. The standard InChI is InChI=1S/C15H22N2OS/c1-15(8-5-9-19-15)11-17-14(18)13(10-16)12-6-3-2-4-7-12/h2-4,6-7,13H,5,8-11,16H2,1H3,(H,17,18). The molecule has 19 heavy (non-hydrogen) atoms. The van der Waals surface area contributed by atoms with Gasteiger partial charge < -0.3 is 11.1 Å². The summed E-state index contributed by atoms with van der Waals surface area (Å²) in [7, 11) is 0. The number of hydrogen-bond acceptors (Lipinski definition) is 3. The molecule has 0 aromatic heterocycles. The Morgan fingerprint density at radius 1 is 1.47 bits per heavy atom. The first-order valence-corrected chi connectivity index (χ1v) is 7.80. The molecule has 1 heterocycles. The van der Waals surface area contributed by atoms with Gasteiger partial charge in [0, 0.05) is 17.8 Å². The number of rotatable bonds is 5. The molecule has 4 heteroatoms. The number of carbonyl (C=O) groups excluding carboxylic acids is 1. The Morgan fingerprint density at radius 2 is 2.21 bits per heavy atom. The Hall–Kier alpha value is -1.00. The van der Waals surface area contributed by atoms with Crippen LogP contribution in [-0.4, -0.2) is 29.5 Å². The quantitative estimate of drug-likeness (QED) is 0.867. The summed E-state index contributed by atoms with van der Waals surface area (Å²) in [5.74, 6) is 1.00. The van der Waals surface area contributed by atoms with Crippen molar-refractivity contribution in [1.29, 1.82) is 0 Å². The fraction of sp³-hybridized carbons (Fsp3) is 0.533. The third-order valence-electron chi connectivity index (χ3n) is 3.69. The zero-order chi connectivity index (χ0) is 13.7. The summed E-state index contributed by atoms with van der Waals surface area (Å²) < 4.78 is 0.200. The summed E-state index contributed by atoms with van der Waals surface area (Å²) >= 11 is 1.96. The lowest BCUT2D eigenvalue weighted by molar-refractivity contribution is -0.122. The molecule has 2 atom stereocenters. The molecule has 1 amide bonds. The van der Waals surface area contributed by atoms with Gasteiger partial charge in [-0.3, -0.25) is 4.79 Å². The molecule has 0 radical (unpaired) electrons. The van der Waals surface area contributed by atoms with Crippen LogP contribution in [-0.2, 0) is 4.79 Å². The van der Waals surface area contributed by atoms with E-state index in [9.17, 15) is 4.79 Å². The van der Waals surface area contributed by atoms with E-state index < -0.39 is 0 Å². The molecule has 3 N–H and O–H groups in total. The molecule has 104 valence electrons. The van der Waals surface area contributed by atoms with Gasteiger partial charge in [0.15, 0.2) is 0 Å². The number of thioether (sulfide) groups is 1. The number of nitrogens with two attached hydrogens (primary N) is 1. The minimum atomic E-state index is -0.240. The average molecular weight is 278 g/mol. The van der Waals surface area contributed by atoms with Gasteiger partial charge >= 0.3 is 0 Å². The molecule has 0 aliphatic carbocycles. The summed E-state index contributed by atoms with van der Waals surface area (Å²) in [6.45, 7) is 3.31. The molecule has 0 saturated carbocycles. The highest BCUT2D eigenvalue weighted by molar-refractivity contribution is 8.00. The molecule has 2 rings (SSSR count). The van der Waals surface area contributed by atoms with Crippen molar-refractivity contribution in [1.82, 2.24) is 5.32 Å². The summed E-state index contributed by atoms with van der Waals surface area (Å²) in [6.07, 6.45) is 2.42. The van der Waals surface area contributed by atoms with Gasteiger partial charge in [0.25, 0.3) is 0 Å². The van der Waals surface area contributed by atoms with Gasteiger partial charge in [0.1, 0.15) is 0 Å². The van der Waals surface area contributed by atoms with Crippen molar-refractivity contribution in [3.8, 4) is 0 Å². The molecule has 0 bridgehead atoms. The first-order chi connectivity index (χ1) is 9.14. The van der Waals surface area contributed by atoms with E-state index in [0.29, 0.717) is 6.54 Å². The van der Waals surface area contributed by atoms with E-state index in [1.54, 1.807) is 0 Å². The predicted octanol–water partition coefficient (Wildman–Crippen LogP) is 2.13. The van der Waals surface area contributed by atoms with Gasteiger partial charge in [0.2, 0.25) is 5.91 Å². The fourth-order valence-corrected chi connectivity index (χ4v) is 3.70. The molecular formula is C15H22N2OS. The highest BCUT2D eigenvalue weighted by Crippen LogP contribution is 2.37. The highest BCUT2D eigenvalue weighted by atomic mass is 32.2. The van der Waals surface area contributed by atoms with Crippen molar-refractivity contribution in [3.63, 3.8) is 0 Å². The lowest BCUT2D eigenvalue weighted by Gasteiger charge is -2.24. The predicted molar refractivity (Wildman–Crippen MR) is 81.3 cm³/mol. The van der Waals surface area contributed by atoms with Gasteiger partial charge in [-0.05, 0) is 31.1 Å². The van der Waals surface area contributed by atoms with E-state index in [1.165, 1.54) is 18.6 Å². The van der Waals surface area contributed by atoms with Crippen LogP contribution < -0.4 is 11.1 Å². The first kappa shape index (κ1) is 14.4. The van der Waals surface area contributed by atoms with E-state index in [2.05, 4.69) is 12.2 Å². The molecule has 1 aliphatic heterocycles. The highest BCUT2D eigenvalue weighted by Gasteiger charge is 2.30. The lowest BCUT2D eigenvalue weighted by atomic mass is 9.98. The smallest absolute Gasteiger partial charge is 0.228 e. The molecular weight excluding hydrogens is 256 g/mol. The molecule has 1 aromatic carbocycles. The van der Waals surface area contributed by atoms with Crippen LogP contribution in [0.1, 0.15) is 31.2 Å². The molecule has 1 aromatic rings. The molecule has 1 aliphatic rings. The lowest BCUT2D eigenvalue weighted by Crippen LogP contribution is -2.40. The maximum Gasteiger partial charge on any atom is 0.228 e. The summed E-state index contributed by atoms with van der Waals surface area (Å²) in [5.41, 5.74) is 6.75. The van der Waals surface area contributed by atoms with Crippen LogP contribution in [0.15, 0.2) is 30.3 Å². The number of nitrogens with one attached hydrogen (secondary N) is 1. The summed E-state index contributed by atoms with van der Waals surface area (Å²) in [6, 6.07) is 9.76. The number of benzene rings is 1. The SMILES string of the molecule is CC1(CNC(=O)C(CN)c2ccccc2)CCCS1. The van der Waals surface area contributed by atoms with Crippen molar-refractivity contribution in [2.45, 2.75) is 30.4 Å². The van der Waals surface area contributed by atoms with Gasteiger partial charge in [-0.2, -0.15) is 11.8 Å². The minimum absolute atomic E-state index is 0.0439. The van der Waals surface area contributed by atoms with Crippen molar-refractivity contribution in [2.24, 2.45) is 5.73 Å². The second-order valence-corrected chi connectivity index (χ2v) is 7.00. The molecule has 2 unspecified atom stereocenters. The van der Waals surface area contributed by atoms with Crippen LogP contribution in [0.2, 0.25) is 0 Å². The zero-order valence-electron chi connectivity index (χ0n) is 11.4. The first-order valence-electron chi connectivity index (χ1n) is 6.81. The number of hydrogen-bond donors (Lipinski definition) is 2. The largest absolute Gasteiger partial charge is 0.354 e. The topological polar surface area (TPSA) is 55.1 Å². The van der Waals surface area contributed by atoms with Crippen molar-refractivity contribution >= 4 is 17.7 Å². The van der Waals surface area contributed by atoms with Crippen LogP contribution in [0.3, 0.4) is 0 Å². The van der Waals surface area contributed by atoms with E-state index in [-0.39, 0.29) is 16.6 Å². The van der Waals surface area contributed by atoms with Crippen molar-refractivity contribution in [3.05, 3.63) is 35.9 Å². The maximum atomic E-state index is 12.3. The summed E-state index contributed by atoms with van der Waals surface area (Å²) in [4.78, 5) is 12.3. The summed E-state index contributed by atoms with van der Waals surface area (Å²) in [5, 5.41) is 3.07. The Labute approximate surface area is 119 Å². The maximum absolute atomic E-state index is 12.3. The van der Waals surface area contributed by atoms with Gasteiger partial charge in [0.05, 0.1) is 5.92 Å². The Kier molecular flexibility index (Phi) is 4.88. The number of amides is 1. The normalized spacial score (nSPS) is 24.1. The van der Waals surface area contributed by atoms with Crippen molar-refractivity contribution < 1.29 is 4.79 Å². The third-order valence-corrected chi connectivity index (χ3v) is 5.23. The average Bonchev–Trinajstić information content (AvgIpc) is 2.86. The van der Waals surface area contributed by atoms with Crippen LogP contribution in [0.5, 0.6) is 0 Å². The van der Waals surface area contributed by atoms with Crippen molar-refractivity contribution in [2.75, 3.05) is 18.8 Å². The van der Waals surface area contributed by atoms with Gasteiger partial charge in [-0.1, -0.05) is 30.3 Å². The Balaban J connectivity index is 1.94. The molecule has 1 fully saturated rings. The van der Waals surface area contributed by atoms with E-state index in [0.717, 1.165) is 12.1 Å². The van der Waals surface area contributed by atoms with Crippen LogP contribution >= 0.6 is 11.8 Å². The van der Waals surface area contributed by atoms with Crippen LogP contribution in [0.25, 0.3) is 0 Å². The van der Waals surface area contributed by atoms with Gasteiger partial charge in [-0.25, -0.2) is 0 Å². The second kappa shape index (κ2) is 6.44. The second-order valence-electron chi connectivity index (χ2n) is 5.32. The number of carbonyl (C=O) groups is 1. The van der Waals surface area contributed by atoms with Crippen LogP contribution in [0.4, 0.5) is 0 Å². The molecule has 3 nitrogen and oxygen atoms in total. The van der Waals surface area contributed by atoms with Gasteiger partial charge in [-0.15, -0.1) is 0 Å². The minimum Gasteiger partial charge on any atom is -0.354 e. The monoisotopic (exact) mass is 278 g/mol. The van der Waals surface area contributed by atoms with E-state index >= 15 is 0 Å². The zero-order valence-corrected chi connectivity index (χ0v) is 12.2. The fourth-order valence-electron chi connectivity index (χ4n) is 2.45. The van der Waals surface area contributed by atoms with E-state index in [1.807, 2.05) is 42.1 Å². The third kappa shape index (κ3) is 3.74. The molecule has 1 saturated heterocycles. The molecule has 0 spiro atoms. The Bertz CT molecular complexity index is 415. The van der Waals surface area contributed by atoms with Crippen LogP contribution in [0, 0.1) is 0 Å². The van der Waals surface area contributed by atoms with E-state index in [4.69, 9.17) is 5.73 Å².